The van der Waals surface area contributed by atoms with Gasteiger partial charge in [0.25, 0.3) is 0 Å². The van der Waals surface area contributed by atoms with Gasteiger partial charge in [-0.2, -0.15) is 13.2 Å². The van der Waals surface area contributed by atoms with Crippen molar-refractivity contribution in [2.24, 2.45) is 0 Å². The topological polar surface area (TPSA) is 44.2 Å². The van der Waals surface area contributed by atoms with Crippen molar-refractivity contribution in [3.05, 3.63) is 95.3 Å². The molecule has 0 radical (unpaired) electrons. The van der Waals surface area contributed by atoms with Gasteiger partial charge in [0.15, 0.2) is 12.4 Å². The molecular formula is C28H26F4N2O2. The summed E-state index contributed by atoms with van der Waals surface area (Å²) in [7, 11) is 0. The Balaban J connectivity index is 1.36. The summed E-state index contributed by atoms with van der Waals surface area (Å²) >= 11 is 0. The van der Waals surface area contributed by atoms with Crippen LogP contribution in [0.4, 0.5) is 17.6 Å². The van der Waals surface area contributed by atoms with Crippen molar-refractivity contribution in [3.8, 4) is 11.5 Å². The van der Waals surface area contributed by atoms with Gasteiger partial charge in [-0.3, -0.25) is 0 Å². The zero-order chi connectivity index (χ0) is 25.5. The minimum absolute atomic E-state index is 0.151. The largest absolute Gasteiger partial charge is 0.491 e. The molecule has 0 N–H and O–H groups in total. The number of alkyl halides is 3. The van der Waals surface area contributed by atoms with Crippen LogP contribution in [0.15, 0.2) is 67.0 Å². The van der Waals surface area contributed by atoms with E-state index in [4.69, 9.17) is 9.47 Å². The fraction of sp³-hybridized carbons (Fsp3) is 0.286. The molecule has 0 amide bonds. The normalized spacial score (nSPS) is 11.6. The van der Waals surface area contributed by atoms with Crippen molar-refractivity contribution in [1.82, 2.24) is 9.97 Å². The Morgan fingerprint density at radius 1 is 0.750 bits per heavy atom. The minimum Gasteiger partial charge on any atom is -0.491 e. The lowest BCUT2D eigenvalue weighted by Crippen LogP contribution is -2.19. The molecule has 0 aliphatic heterocycles. The highest BCUT2D eigenvalue weighted by molar-refractivity contribution is 5.84. The number of fused-ring (bicyclic) bond motifs is 1. The molecule has 1 heterocycles. The summed E-state index contributed by atoms with van der Waals surface area (Å²) < 4.78 is 62.1. The van der Waals surface area contributed by atoms with Crippen molar-refractivity contribution in [3.63, 3.8) is 0 Å². The van der Waals surface area contributed by atoms with Crippen molar-refractivity contribution >= 4 is 10.8 Å². The Kier molecular flexibility index (Phi) is 8.03. The van der Waals surface area contributed by atoms with Gasteiger partial charge >= 0.3 is 6.18 Å². The number of ether oxygens (including phenoxy) is 2. The van der Waals surface area contributed by atoms with E-state index in [0.29, 0.717) is 42.6 Å². The maximum Gasteiger partial charge on any atom is 0.422 e. The molecule has 4 aromatic rings. The van der Waals surface area contributed by atoms with E-state index in [0.717, 1.165) is 28.8 Å². The van der Waals surface area contributed by atoms with Crippen molar-refractivity contribution in [1.29, 1.82) is 0 Å². The molecule has 8 heteroatoms. The molecule has 0 fully saturated rings. The smallest absolute Gasteiger partial charge is 0.422 e. The maximum absolute atomic E-state index is 15.2. The fourth-order valence-electron chi connectivity index (χ4n) is 3.90. The summed E-state index contributed by atoms with van der Waals surface area (Å²) in [5.74, 6) is 1.27. The molecule has 0 saturated heterocycles. The number of rotatable bonds is 10. The van der Waals surface area contributed by atoms with Crippen LogP contribution in [0, 0.1) is 5.82 Å². The average Bonchev–Trinajstić information content (AvgIpc) is 2.87. The van der Waals surface area contributed by atoms with E-state index in [1.807, 2.05) is 25.1 Å². The second-order valence-electron chi connectivity index (χ2n) is 8.41. The predicted octanol–water partition coefficient (Wildman–Crippen LogP) is 6.68. The second kappa shape index (κ2) is 11.4. The highest BCUT2D eigenvalue weighted by Gasteiger charge is 2.28. The summed E-state index contributed by atoms with van der Waals surface area (Å²) in [5.41, 5.74) is 2.55. The molecule has 188 valence electrons. The van der Waals surface area contributed by atoms with Gasteiger partial charge < -0.3 is 9.47 Å². The molecule has 4 nitrogen and oxygen atoms in total. The number of halogens is 4. The maximum atomic E-state index is 15.2. The van der Waals surface area contributed by atoms with E-state index < -0.39 is 12.8 Å². The first kappa shape index (κ1) is 25.4. The molecule has 0 spiro atoms. The first-order valence-corrected chi connectivity index (χ1v) is 11.7. The lowest BCUT2D eigenvalue weighted by atomic mass is 9.98. The first-order valence-electron chi connectivity index (χ1n) is 11.7. The van der Waals surface area contributed by atoms with E-state index in [2.05, 4.69) is 9.97 Å². The van der Waals surface area contributed by atoms with Crippen LogP contribution in [0.5, 0.6) is 11.5 Å². The van der Waals surface area contributed by atoms with Crippen LogP contribution in [-0.4, -0.2) is 29.4 Å². The Hall–Kier alpha value is -3.68. The molecule has 0 unspecified atom stereocenters. The van der Waals surface area contributed by atoms with Gasteiger partial charge in [0.1, 0.15) is 17.4 Å². The van der Waals surface area contributed by atoms with E-state index in [1.165, 1.54) is 12.1 Å². The molecular weight excluding hydrogens is 472 g/mol. The average molecular weight is 499 g/mol. The molecule has 4 rings (SSSR count). The van der Waals surface area contributed by atoms with Crippen LogP contribution in [0.3, 0.4) is 0 Å². The van der Waals surface area contributed by atoms with E-state index >= 15 is 4.39 Å². The van der Waals surface area contributed by atoms with Gasteiger partial charge in [0.05, 0.1) is 19.0 Å². The molecule has 0 saturated carbocycles. The fourth-order valence-corrected chi connectivity index (χ4v) is 3.90. The summed E-state index contributed by atoms with van der Waals surface area (Å²) in [4.78, 5) is 8.64. The van der Waals surface area contributed by atoms with Crippen molar-refractivity contribution in [2.75, 3.05) is 13.2 Å². The van der Waals surface area contributed by atoms with Crippen LogP contribution < -0.4 is 9.47 Å². The Bertz CT molecular complexity index is 1290. The quantitative estimate of drug-likeness (QED) is 0.229. The lowest BCUT2D eigenvalue weighted by molar-refractivity contribution is -0.153. The Morgan fingerprint density at radius 2 is 1.44 bits per heavy atom. The molecule has 36 heavy (non-hydrogen) atoms. The van der Waals surface area contributed by atoms with E-state index in [1.54, 1.807) is 36.7 Å². The third kappa shape index (κ3) is 6.93. The van der Waals surface area contributed by atoms with Crippen LogP contribution in [0.2, 0.25) is 0 Å². The second-order valence-corrected chi connectivity index (χ2v) is 8.41. The zero-order valence-corrected chi connectivity index (χ0v) is 19.8. The summed E-state index contributed by atoms with van der Waals surface area (Å²) in [5, 5.41) is 1.39. The number of benzene rings is 3. The standard InChI is InChI=1S/C28H26F4N2O2/c1-2-35-24-16-33-26(34-17-24)14-7-20-6-13-25-22(15-20)10-9-21(27(25)29)8-3-19-4-11-23(12-5-19)36-18-28(30,31)32/h4-6,9-13,15-17H,2-3,7-8,14,18H2,1H3. The third-order valence-corrected chi connectivity index (χ3v) is 5.74. The van der Waals surface area contributed by atoms with Crippen LogP contribution in [0.25, 0.3) is 10.8 Å². The van der Waals surface area contributed by atoms with E-state index in [9.17, 15) is 13.2 Å². The summed E-state index contributed by atoms with van der Waals surface area (Å²) in [6, 6.07) is 15.8. The molecule has 0 aliphatic carbocycles. The van der Waals surface area contributed by atoms with Gasteiger partial charge in [-0.15, -0.1) is 0 Å². The number of hydrogen-bond donors (Lipinski definition) is 0. The third-order valence-electron chi connectivity index (χ3n) is 5.74. The van der Waals surface area contributed by atoms with Crippen LogP contribution >= 0.6 is 0 Å². The number of aryl methyl sites for hydroxylation is 4. The van der Waals surface area contributed by atoms with Crippen LogP contribution in [0.1, 0.15) is 29.4 Å². The highest BCUT2D eigenvalue weighted by atomic mass is 19.4. The number of aromatic nitrogens is 2. The highest BCUT2D eigenvalue weighted by Crippen LogP contribution is 2.25. The number of nitrogens with zero attached hydrogens (tertiary/aromatic N) is 2. The lowest BCUT2D eigenvalue weighted by Gasteiger charge is -2.10. The van der Waals surface area contributed by atoms with Gasteiger partial charge in [-0.25, -0.2) is 14.4 Å². The van der Waals surface area contributed by atoms with Crippen molar-refractivity contribution in [2.45, 2.75) is 38.8 Å². The molecule has 3 aromatic carbocycles. The Morgan fingerprint density at radius 3 is 2.14 bits per heavy atom. The van der Waals surface area contributed by atoms with Crippen LogP contribution in [-0.2, 0) is 25.7 Å². The monoisotopic (exact) mass is 498 g/mol. The SMILES string of the molecule is CCOc1cnc(CCc2ccc3c(F)c(CCc4ccc(OCC(F)(F)F)cc4)ccc3c2)nc1. The first-order chi connectivity index (χ1) is 17.3. The summed E-state index contributed by atoms with van der Waals surface area (Å²) in [6.45, 7) is 1.14. The van der Waals surface area contributed by atoms with Gasteiger partial charge in [-0.05, 0) is 60.4 Å². The molecule has 0 bridgehead atoms. The van der Waals surface area contributed by atoms with Gasteiger partial charge in [0, 0.05) is 11.8 Å². The molecule has 1 aromatic heterocycles. The molecule has 0 aliphatic rings. The summed E-state index contributed by atoms with van der Waals surface area (Å²) in [6.07, 6.45) is 1.38. The Labute approximate surface area is 206 Å². The minimum atomic E-state index is -4.38. The molecule has 0 atom stereocenters. The van der Waals surface area contributed by atoms with E-state index in [-0.39, 0.29) is 11.6 Å². The van der Waals surface area contributed by atoms with Crippen molar-refractivity contribution < 1.29 is 27.0 Å². The zero-order valence-electron chi connectivity index (χ0n) is 19.8. The van der Waals surface area contributed by atoms with Gasteiger partial charge in [-0.1, -0.05) is 42.5 Å². The predicted molar refractivity (Wildman–Crippen MR) is 130 cm³/mol. The number of hydrogen-bond acceptors (Lipinski definition) is 4. The van der Waals surface area contributed by atoms with Gasteiger partial charge in [0.2, 0.25) is 0 Å².